The summed E-state index contributed by atoms with van der Waals surface area (Å²) in [6.07, 6.45) is 4.46. The molecule has 3 rings (SSSR count). The van der Waals surface area contributed by atoms with Gasteiger partial charge in [0.25, 0.3) is 5.91 Å². The van der Waals surface area contributed by atoms with E-state index in [4.69, 9.17) is 17.3 Å². The van der Waals surface area contributed by atoms with E-state index in [-0.39, 0.29) is 22.7 Å². The largest absolute Gasteiger partial charge is 0.340 e. The van der Waals surface area contributed by atoms with Crippen LogP contribution < -0.4 is 16.0 Å². The van der Waals surface area contributed by atoms with Crippen LogP contribution in [-0.2, 0) is 17.1 Å². The van der Waals surface area contributed by atoms with Crippen molar-refractivity contribution in [2.75, 3.05) is 5.75 Å². The molecule has 146 valence electrons. The quantitative estimate of drug-likeness (QED) is 0.612. The topological polar surface area (TPSA) is 119 Å². The first-order valence-corrected chi connectivity index (χ1v) is 10.2. The maximum atomic E-state index is 14.3. The molecule has 8 nitrogen and oxygen atoms in total. The molecule has 0 unspecified atom stereocenters. The summed E-state index contributed by atoms with van der Waals surface area (Å²) in [5, 5.41) is -0.269. The second kappa shape index (κ2) is 7.55. The number of imidazole rings is 1. The number of carbonyl (C=O) groups is 1. The number of aromatic nitrogens is 2. The molecule has 0 spiro atoms. The highest BCUT2D eigenvalue weighted by atomic mass is 35.5. The molecule has 1 aliphatic rings. The number of halogens is 2. The molecule has 1 amide bonds. The molecule has 27 heavy (non-hydrogen) atoms. The van der Waals surface area contributed by atoms with Gasteiger partial charge in [0, 0.05) is 24.8 Å². The summed E-state index contributed by atoms with van der Waals surface area (Å²) in [7, 11) is -2.00. The molecule has 2 aromatic rings. The number of nitrogens with zero attached hydrogens (tertiary/aromatic N) is 2. The summed E-state index contributed by atoms with van der Waals surface area (Å²) in [5.41, 5.74) is 8.19. The van der Waals surface area contributed by atoms with Crippen molar-refractivity contribution in [1.82, 2.24) is 19.8 Å². The monoisotopic (exact) mass is 415 g/mol. The first kappa shape index (κ1) is 19.7. The summed E-state index contributed by atoms with van der Waals surface area (Å²) in [6, 6.07) is 2.63. The molecule has 1 saturated carbocycles. The zero-order valence-corrected chi connectivity index (χ0v) is 16.0. The second-order valence-electron chi connectivity index (χ2n) is 6.68. The fourth-order valence-electron chi connectivity index (χ4n) is 2.93. The lowest BCUT2D eigenvalue weighted by Crippen LogP contribution is -2.47. The third-order valence-electron chi connectivity index (χ3n) is 4.32. The lowest BCUT2D eigenvalue weighted by molar-refractivity contribution is 0.0941. The van der Waals surface area contributed by atoms with E-state index in [1.807, 2.05) is 10.3 Å². The van der Waals surface area contributed by atoms with E-state index in [9.17, 15) is 17.6 Å². The van der Waals surface area contributed by atoms with Crippen molar-refractivity contribution in [3.05, 3.63) is 41.1 Å². The van der Waals surface area contributed by atoms with Gasteiger partial charge in [-0.05, 0) is 30.9 Å². The van der Waals surface area contributed by atoms with Crippen LogP contribution in [-0.4, -0.2) is 35.7 Å². The van der Waals surface area contributed by atoms with Crippen LogP contribution in [0.25, 0.3) is 11.3 Å². The Morgan fingerprint density at radius 1 is 1.44 bits per heavy atom. The van der Waals surface area contributed by atoms with Gasteiger partial charge in [-0.2, -0.15) is 0 Å². The van der Waals surface area contributed by atoms with Crippen molar-refractivity contribution in [2.24, 2.45) is 18.7 Å². The highest BCUT2D eigenvalue weighted by Gasteiger charge is 2.30. The Kier molecular flexibility index (Phi) is 5.52. The van der Waals surface area contributed by atoms with Crippen molar-refractivity contribution in [1.29, 1.82) is 0 Å². The van der Waals surface area contributed by atoms with Gasteiger partial charge in [0.15, 0.2) is 5.82 Å². The number of benzene rings is 1. The highest BCUT2D eigenvalue weighted by Crippen LogP contribution is 2.28. The zero-order chi connectivity index (χ0) is 19.8. The van der Waals surface area contributed by atoms with Crippen LogP contribution >= 0.6 is 11.6 Å². The Balaban J connectivity index is 1.73. The van der Waals surface area contributed by atoms with Crippen LogP contribution in [0.4, 0.5) is 4.39 Å². The minimum absolute atomic E-state index is 0.0189. The molecule has 1 aromatic heterocycles. The number of rotatable bonds is 6. The van der Waals surface area contributed by atoms with E-state index in [1.54, 1.807) is 24.1 Å². The molecule has 11 heteroatoms. The molecule has 1 fully saturated rings. The third-order valence-corrected chi connectivity index (χ3v) is 5.92. The Hall–Kier alpha value is -2.01. The lowest BCUT2D eigenvalue weighted by atomic mass is 9.82. The van der Waals surface area contributed by atoms with Crippen LogP contribution in [0.2, 0.25) is 5.02 Å². The van der Waals surface area contributed by atoms with E-state index < -0.39 is 27.3 Å². The van der Waals surface area contributed by atoms with Gasteiger partial charge >= 0.3 is 0 Å². The number of sulfonamides is 1. The average molecular weight is 416 g/mol. The Labute approximate surface area is 160 Å². The molecule has 0 aliphatic heterocycles. The summed E-state index contributed by atoms with van der Waals surface area (Å²) in [6.45, 7) is 0. The van der Waals surface area contributed by atoms with Crippen molar-refractivity contribution >= 4 is 27.5 Å². The summed E-state index contributed by atoms with van der Waals surface area (Å²) < 4.78 is 40.0. The van der Waals surface area contributed by atoms with Gasteiger partial charge in [-0.1, -0.05) is 11.6 Å². The van der Waals surface area contributed by atoms with Crippen LogP contribution in [0.5, 0.6) is 0 Å². The fraction of sp³-hybridized carbons (Fsp3) is 0.375. The number of nitrogens with two attached hydrogens (primary N) is 1. The summed E-state index contributed by atoms with van der Waals surface area (Å²) in [4.78, 5) is 18.4. The zero-order valence-electron chi connectivity index (χ0n) is 14.4. The average Bonchev–Trinajstić information content (AvgIpc) is 3.00. The van der Waals surface area contributed by atoms with Crippen molar-refractivity contribution < 1.29 is 17.6 Å². The summed E-state index contributed by atoms with van der Waals surface area (Å²) >= 11 is 5.88. The SMILES string of the molecule is Cn1cnc(-c2cc(Cl)c(F)c(C(=O)NNS(=O)(=O)CC3CC(N)C3)c2)c1. The Morgan fingerprint density at radius 2 is 2.15 bits per heavy atom. The molecule has 0 saturated heterocycles. The number of amides is 1. The van der Waals surface area contributed by atoms with Crippen LogP contribution in [0.3, 0.4) is 0 Å². The number of hydrogen-bond acceptors (Lipinski definition) is 5. The molecule has 4 N–H and O–H groups in total. The standard InChI is InChI=1S/C16H19ClFN5O3S/c1-23-6-14(20-8-23)10-4-12(15(18)13(17)5-10)16(24)21-22-27(25,26)7-9-2-11(19)3-9/h4-6,8-9,11,22H,2-3,7,19H2,1H3,(H,21,24). The first-order chi connectivity index (χ1) is 12.6. The van der Waals surface area contributed by atoms with Crippen LogP contribution in [0.15, 0.2) is 24.7 Å². The Bertz CT molecular complexity index is 972. The van der Waals surface area contributed by atoms with Crippen LogP contribution in [0.1, 0.15) is 23.2 Å². The van der Waals surface area contributed by atoms with Gasteiger partial charge in [-0.3, -0.25) is 10.2 Å². The normalized spacial score (nSPS) is 19.6. The predicted molar refractivity (Wildman–Crippen MR) is 98.7 cm³/mol. The maximum absolute atomic E-state index is 14.3. The van der Waals surface area contributed by atoms with Gasteiger partial charge < -0.3 is 10.3 Å². The molecular formula is C16H19ClFN5O3S. The molecule has 0 radical (unpaired) electrons. The number of aryl methyl sites for hydroxylation is 1. The second-order valence-corrected chi connectivity index (χ2v) is 8.85. The Morgan fingerprint density at radius 3 is 2.74 bits per heavy atom. The van der Waals surface area contributed by atoms with E-state index in [0.717, 1.165) is 0 Å². The molecular weight excluding hydrogens is 397 g/mol. The number of hydrazine groups is 1. The van der Waals surface area contributed by atoms with Gasteiger partial charge in [-0.25, -0.2) is 17.8 Å². The molecule has 0 bridgehead atoms. The van der Waals surface area contributed by atoms with Gasteiger partial charge in [0.05, 0.1) is 28.4 Å². The smallest absolute Gasteiger partial charge is 0.269 e. The number of carbonyl (C=O) groups excluding carboxylic acids is 1. The molecule has 1 aromatic carbocycles. The van der Waals surface area contributed by atoms with E-state index in [2.05, 4.69) is 4.98 Å². The van der Waals surface area contributed by atoms with E-state index >= 15 is 0 Å². The van der Waals surface area contributed by atoms with Crippen molar-refractivity contribution in [3.63, 3.8) is 0 Å². The minimum Gasteiger partial charge on any atom is -0.340 e. The summed E-state index contributed by atoms with van der Waals surface area (Å²) in [5.74, 6) is -2.11. The van der Waals surface area contributed by atoms with Gasteiger partial charge in [0.2, 0.25) is 10.0 Å². The third kappa shape index (κ3) is 4.64. The minimum atomic E-state index is -3.76. The van der Waals surface area contributed by atoms with Crippen molar-refractivity contribution in [3.8, 4) is 11.3 Å². The maximum Gasteiger partial charge on any atom is 0.269 e. The molecule has 1 aliphatic carbocycles. The number of nitrogens with one attached hydrogen (secondary N) is 2. The fourth-order valence-corrected chi connectivity index (χ4v) is 4.37. The van der Waals surface area contributed by atoms with E-state index in [0.29, 0.717) is 24.1 Å². The lowest BCUT2D eigenvalue weighted by Gasteiger charge is -2.31. The van der Waals surface area contributed by atoms with Crippen molar-refractivity contribution in [2.45, 2.75) is 18.9 Å². The molecule has 1 heterocycles. The van der Waals surface area contributed by atoms with Gasteiger partial charge in [0.1, 0.15) is 0 Å². The number of hydrogen-bond donors (Lipinski definition) is 3. The molecule has 0 atom stereocenters. The van der Waals surface area contributed by atoms with Crippen LogP contribution in [0, 0.1) is 11.7 Å². The first-order valence-electron chi connectivity index (χ1n) is 8.17. The predicted octanol–water partition coefficient (Wildman–Crippen LogP) is 1.18. The van der Waals surface area contributed by atoms with Gasteiger partial charge in [-0.15, -0.1) is 4.83 Å². The highest BCUT2D eigenvalue weighted by molar-refractivity contribution is 7.89. The van der Waals surface area contributed by atoms with E-state index in [1.165, 1.54) is 12.1 Å².